The third kappa shape index (κ3) is 1.78. The minimum Gasteiger partial charge on any atom is -0.384 e. The highest BCUT2D eigenvalue weighted by molar-refractivity contribution is 6.23. The smallest absolute Gasteiger partial charge is 0.262 e. The van der Waals surface area contributed by atoms with Crippen molar-refractivity contribution in [3.8, 4) is 18.0 Å². The molecule has 3 rings (SSSR count). The highest BCUT2D eigenvalue weighted by Crippen LogP contribution is 2.24. The molecule has 1 aliphatic heterocycles. The first-order chi connectivity index (χ1) is 10.4. The molecule has 0 aliphatic carbocycles. The lowest BCUT2D eigenvalue weighted by molar-refractivity contribution is 0.0880. The molecule has 0 saturated carbocycles. The van der Waals surface area contributed by atoms with Gasteiger partial charge < -0.3 is 5.73 Å². The van der Waals surface area contributed by atoms with Crippen molar-refractivity contribution in [2.45, 2.75) is 0 Å². The predicted octanol–water partition coefficient (Wildman–Crippen LogP) is 0.424. The maximum Gasteiger partial charge on any atom is 0.262 e. The Balaban J connectivity index is 2.33. The van der Waals surface area contributed by atoms with Crippen LogP contribution < -0.4 is 16.6 Å². The molecule has 0 fully saturated rings. The normalized spacial score (nSPS) is 12.7. The molecule has 2 heterocycles. The fraction of sp³-hybridized carbons (Fsp3) is 0. The number of nitrogens with zero attached hydrogens (tertiary/aromatic N) is 1. The zero-order chi connectivity index (χ0) is 16.0. The minimum absolute atomic E-state index is 0.121. The van der Waals surface area contributed by atoms with E-state index in [1.54, 1.807) is 0 Å². The molecule has 0 atom stereocenters. The van der Waals surface area contributed by atoms with Crippen molar-refractivity contribution in [2.24, 2.45) is 0 Å². The third-order valence-corrected chi connectivity index (χ3v) is 3.31. The first-order valence-electron chi connectivity index (χ1n) is 6.11. The second-order valence-electron chi connectivity index (χ2n) is 4.59. The Kier molecular flexibility index (Phi) is 2.82. The molecule has 1 aliphatic rings. The third-order valence-electron chi connectivity index (χ3n) is 3.31. The van der Waals surface area contributed by atoms with Crippen LogP contribution >= 0.6 is 0 Å². The van der Waals surface area contributed by atoms with Crippen LogP contribution in [0.1, 0.15) is 26.3 Å². The van der Waals surface area contributed by atoms with Gasteiger partial charge in [-0.15, -0.1) is 6.42 Å². The van der Waals surface area contributed by atoms with E-state index >= 15 is 0 Å². The number of nitrogens with two attached hydrogens (primary N) is 1. The Hall–Kier alpha value is -3.40. The summed E-state index contributed by atoms with van der Waals surface area (Å²) in [6.45, 7) is 0. The summed E-state index contributed by atoms with van der Waals surface area (Å²) in [5.41, 5.74) is 4.94. The zero-order valence-corrected chi connectivity index (χ0v) is 11.0. The molecule has 108 valence electrons. The van der Waals surface area contributed by atoms with E-state index in [-0.39, 0.29) is 22.6 Å². The Bertz CT molecular complexity index is 954. The number of imide groups is 1. The number of halogens is 1. The molecule has 7 heteroatoms. The van der Waals surface area contributed by atoms with Gasteiger partial charge in [-0.2, -0.15) is 0 Å². The molecule has 2 amide bonds. The summed E-state index contributed by atoms with van der Waals surface area (Å²) in [6, 6.07) is 4.73. The summed E-state index contributed by atoms with van der Waals surface area (Å²) in [6.07, 6.45) is 5.17. The maximum absolute atomic E-state index is 14.1. The zero-order valence-electron chi connectivity index (χ0n) is 11.0. The number of anilines is 1. The van der Waals surface area contributed by atoms with Crippen LogP contribution in [0.4, 0.5) is 10.2 Å². The van der Waals surface area contributed by atoms with Gasteiger partial charge in [-0.3, -0.25) is 24.3 Å². The molecule has 0 saturated heterocycles. The molecule has 0 spiro atoms. The van der Waals surface area contributed by atoms with Crippen molar-refractivity contribution >= 4 is 17.6 Å². The summed E-state index contributed by atoms with van der Waals surface area (Å²) in [5.74, 6) is -0.253. The average molecular weight is 297 g/mol. The number of terminal acetylenes is 1. The number of hydrogen-bond acceptors (Lipinski definition) is 4. The van der Waals surface area contributed by atoms with Gasteiger partial charge in [0.25, 0.3) is 17.4 Å². The number of carbonyl (C=O) groups excluding carboxylic acids is 2. The van der Waals surface area contributed by atoms with Crippen molar-refractivity contribution in [1.29, 1.82) is 0 Å². The molecule has 2 aromatic rings. The van der Waals surface area contributed by atoms with Crippen LogP contribution in [0.5, 0.6) is 0 Å². The lowest BCUT2D eigenvalue weighted by Crippen LogP contribution is -2.24. The number of hydrogen-bond donors (Lipinski definition) is 2. The molecule has 22 heavy (non-hydrogen) atoms. The number of pyridine rings is 1. The van der Waals surface area contributed by atoms with Gasteiger partial charge in [0.2, 0.25) is 0 Å². The van der Waals surface area contributed by atoms with E-state index in [4.69, 9.17) is 12.2 Å². The molecule has 1 aromatic heterocycles. The SMILES string of the molecule is C#Cc1ccc(-n2c(N)c3c(cc2=O)C(=O)NC3=O)c(F)c1. The van der Waals surface area contributed by atoms with Gasteiger partial charge in [-0.05, 0) is 18.2 Å². The fourth-order valence-corrected chi connectivity index (χ4v) is 2.31. The Morgan fingerprint density at radius 3 is 2.55 bits per heavy atom. The van der Waals surface area contributed by atoms with Gasteiger partial charge in [-0.1, -0.05) is 5.92 Å². The maximum atomic E-state index is 14.1. The molecule has 1 aromatic carbocycles. The number of rotatable bonds is 1. The molecular weight excluding hydrogens is 289 g/mol. The van der Waals surface area contributed by atoms with Gasteiger partial charge >= 0.3 is 0 Å². The van der Waals surface area contributed by atoms with Gasteiger partial charge in [-0.25, -0.2) is 4.39 Å². The summed E-state index contributed by atoms with van der Waals surface area (Å²) in [7, 11) is 0. The van der Waals surface area contributed by atoms with E-state index in [1.165, 1.54) is 12.1 Å². The van der Waals surface area contributed by atoms with Crippen LogP contribution in [-0.2, 0) is 0 Å². The summed E-state index contributed by atoms with van der Waals surface area (Å²) >= 11 is 0. The molecule has 0 bridgehead atoms. The van der Waals surface area contributed by atoms with Crippen LogP contribution in [0.3, 0.4) is 0 Å². The van der Waals surface area contributed by atoms with Crippen LogP contribution in [0, 0.1) is 18.2 Å². The summed E-state index contributed by atoms with van der Waals surface area (Å²) in [4.78, 5) is 35.4. The summed E-state index contributed by atoms with van der Waals surface area (Å²) in [5, 5.41) is 2.03. The van der Waals surface area contributed by atoms with E-state index in [1.807, 2.05) is 5.32 Å². The van der Waals surface area contributed by atoms with E-state index in [0.717, 1.165) is 16.7 Å². The van der Waals surface area contributed by atoms with Crippen molar-refractivity contribution in [3.05, 3.63) is 57.1 Å². The molecule has 6 nitrogen and oxygen atoms in total. The fourth-order valence-electron chi connectivity index (χ4n) is 2.31. The standard InChI is InChI=1S/C15H8FN3O3/c1-2-7-3-4-10(9(16)5-7)19-11(20)6-8-12(13(19)17)15(22)18-14(8)21/h1,3-6H,17H2,(H,18,21,22). The Morgan fingerprint density at radius 2 is 1.91 bits per heavy atom. The van der Waals surface area contributed by atoms with Crippen LogP contribution in [0.15, 0.2) is 29.1 Å². The quantitative estimate of drug-likeness (QED) is 0.589. The number of benzene rings is 1. The van der Waals surface area contributed by atoms with E-state index in [0.29, 0.717) is 5.56 Å². The lowest BCUT2D eigenvalue weighted by atomic mass is 10.1. The van der Waals surface area contributed by atoms with Gasteiger partial charge in [0.15, 0.2) is 0 Å². The minimum atomic E-state index is -0.770. The van der Waals surface area contributed by atoms with E-state index < -0.39 is 23.2 Å². The first-order valence-corrected chi connectivity index (χ1v) is 6.11. The monoisotopic (exact) mass is 297 g/mol. The molecule has 3 N–H and O–H groups in total. The van der Waals surface area contributed by atoms with E-state index in [2.05, 4.69) is 5.92 Å². The lowest BCUT2D eigenvalue weighted by Gasteiger charge is -2.12. The van der Waals surface area contributed by atoms with Crippen molar-refractivity contribution < 1.29 is 14.0 Å². The van der Waals surface area contributed by atoms with E-state index in [9.17, 15) is 18.8 Å². The Labute approximate surface area is 123 Å². The number of aromatic nitrogens is 1. The number of amides is 2. The predicted molar refractivity (Wildman–Crippen MR) is 76.1 cm³/mol. The van der Waals surface area contributed by atoms with Gasteiger partial charge in [0.05, 0.1) is 16.8 Å². The second kappa shape index (κ2) is 4.56. The van der Waals surface area contributed by atoms with Crippen molar-refractivity contribution in [1.82, 2.24) is 9.88 Å². The van der Waals surface area contributed by atoms with Gasteiger partial charge in [0.1, 0.15) is 11.6 Å². The molecule has 0 radical (unpaired) electrons. The Morgan fingerprint density at radius 1 is 1.18 bits per heavy atom. The van der Waals surface area contributed by atoms with Crippen LogP contribution in [0.25, 0.3) is 5.69 Å². The topological polar surface area (TPSA) is 94.2 Å². The second-order valence-corrected chi connectivity index (χ2v) is 4.59. The van der Waals surface area contributed by atoms with Crippen molar-refractivity contribution in [2.75, 3.05) is 5.73 Å². The highest BCUT2D eigenvalue weighted by atomic mass is 19.1. The first kappa shape index (κ1) is 13.6. The van der Waals surface area contributed by atoms with Gasteiger partial charge in [0, 0.05) is 11.6 Å². The van der Waals surface area contributed by atoms with Crippen molar-refractivity contribution in [3.63, 3.8) is 0 Å². The number of fused-ring (bicyclic) bond motifs is 1. The largest absolute Gasteiger partial charge is 0.384 e. The summed E-state index contributed by atoms with van der Waals surface area (Å²) < 4.78 is 15.0. The molecular formula is C15H8FN3O3. The van der Waals surface area contributed by atoms with Crippen LogP contribution in [-0.4, -0.2) is 16.4 Å². The average Bonchev–Trinajstić information content (AvgIpc) is 2.75. The number of nitrogens with one attached hydrogen (secondary N) is 1. The number of nitrogen functional groups attached to an aromatic ring is 1. The number of carbonyl (C=O) groups is 2. The van der Waals surface area contributed by atoms with Crippen LogP contribution in [0.2, 0.25) is 0 Å². The molecule has 0 unspecified atom stereocenters. The highest BCUT2D eigenvalue weighted by Gasteiger charge is 2.32.